The molecule has 26 heavy (non-hydrogen) atoms. The summed E-state index contributed by atoms with van der Waals surface area (Å²) in [5.41, 5.74) is 3.30. The number of amides is 1. The van der Waals surface area contributed by atoms with Crippen molar-refractivity contribution in [3.05, 3.63) is 77.9 Å². The van der Waals surface area contributed by atoms with Gasteiger partial charge in [0.15, 0.2) is 0 Å². The second-order valence-electron chi connectivity index (χ2n) is 5.61. The molecule has 3 rings (SSSR count). The molecule has 5 heteroatoms. The number of aromatic nitrogens is 1. The molecule has 1 N–H and O–H groups in total. The zero-order valence-electron chi connectivity index (χ0n) is 13.9. The number of carbonyl (C=O) groups is 1. The molecule has 0 aliphatic heterocycles. The summed E-state index contributed by atoms with van der Waals surface area (Å²) in [6, 6.07) is 13.5. The first kappa shape index (κ1) is 19.1. The van der Waals surface area contributed by atoms with E-state index in [1.165, 1.54) is 18.3 Å². The predicted molar refractivity (Wildman–Crippen MR) is 102 cm³/mol. The number of benzene rings is 2. The summed E-state index contributed by atoms with van der Waals surface area (Å²) in [5.74, 6) is -0.0159. The zero-order valence-corrected chi connectivity index (χ0v) is 13.9. The maximum Gasteiger partial charge on any atom is 0.257 e. The number of carbonyl (C=O) groups excluding carboxylic acids is 1. The van der Waals surface area contributed by atoms with Crippen molar-refractivity contribution < 1.29 is 13.9 Å². The quantitative estimate of drug-likeness (QED) is 0.711. The molecule has 0 unspecified atom stereocenters. The molecule has 0 atom stereocenters. The van der Waals surface area contributed by atoms with Crippen LogP contribution in [0.3, 0.4) is 0 Å². The largest absolute Gasteiger partial charge is 0.497 e. The summed E-state index contributed by atoms with van der Waals surface area (Å²) >= 11 is 0. The topological polar surface area (TPSA) is 51.2 Å². The van der Waals surface area contributed by atoms with Gasteiger partial charge in [0.05, 0.1) is 12.7 Å². The fourth-order valence-electron chi connectivity index (χ4n) is 2.45. The highest BCUT2D eigenvalue weighted by atomic mass is 19.1. The van der Waals surface area contributed by atoms with Gasteiger partial charge in [0, 0.05) is 23.6 Å². The van der Waals surface area contributed by atoms with Crippen LogP contribution in [0, 0.1) is 12.7 Å². The standard InChI is InChI=1S/C20H17FN2O2.CH4/c1-13-6-7-17(21)10-19(13)23-20(24)16-8-15(11-22-12-16)14-4-3-5-18(9-14)25-2;/h3-12H,1-2H3,(H,23,24);1H4. The smallest absolute Gasteiger partial charge is 0.257 e. The molecular weight excluding hydrogens is 331 g/mol. The van der Waals surface area contributed by atoms with Gasteiger partial charge in [-0.15, -0.1) is 0 Å². The first-order chi connectivity index (χ1) is 12.1. The predicted octanol–water partition coefficient (Wildman–Crippen LogP) is 5.09. The maximum absolute atomic E-state index is 13.4. The summed E-state index contributed by atoms with van der Waals surface area (Å²) in [4.78, 5) is 16.6. The Hall–Kier alpha value is -3.21. The Balaban J connectivity index is 0.00000243. The highest BCUT2D eigenvalue weighted by molar-refractivity contribution is 6.05. The van der Waals surface area contributed by atoms with Crippen molar-refractivity contribution in [2.75, 3.05) is 12.4 Å². The van der Waals surface area contributed by atoms with Gasteiger partial charge in [-0.3, -0.25) is 9.78 Å². The van der Waals surface area contributed by atoms with Crippen LogP contribution in [0.4, 0.5) is 10.1 Å². The minimum atomic E-state index is -0.399. The minimum absolute atomic E-state index is 0. The molecule has 3 aromatic rings. The lowest BCUT2D eigenvalue weighted by Gasteiger charge is -2.10. The van der Waals surface area contributed by atoms with Crippen molar-refractivity contribution >= 4 is 11.6 Å². The van der Waals surface area contributed by atoms with Gasteiger partial charge in [-0.25, -0.2) is 4.39 Å². The molecule has 1 heterocycles. The van der Waals surface area contributed by atoms with Crippen molar-refractivity contribution in [1.29, 1.82) is 0 Å². The molecule has 0 spiro atoms. The highest BCUT2D eigenvalue weighted by Gasteiger charge is 2.11. The first-order valence-corrected chi connectivity index (χ1v) is 7.74. The summed E-state index contributed by atoms with van der Waals surface area (Å²) in [6.45, 7) is 1.81. The van der Waals surface area contributed by atoms with Crippen molar-refractivity contribution in [2.24, 2.45) is 0 Å². The molecule has 0 bridgehead atoms. The Bertz CT molecular complexity index is 925. The number of nitrogens with zero attached hydrogens (tertiary/aromatic N) is 1. The lowest BCUT2D eigenvalue weighted by molar-refractivity contribution is 0.102. The minimum Gasteiger partial charge on any atom is -0.497 e. The van der Waals surface area contributed by atoms with Crippen molar-refractivity contribution in [1.82, 2.24) is 4.98 Å². The number of anilines is 1. The number of pyridine rings is 1. The summed E-state index contributed by atoms with van der Waals surface area (Å²) in [5, 5.41) is 2.72. The monoisotopic (exact) mass is 352 g/mol. The second kappa shape index (κ2) is 8.25. The number of ether oxygens (including phenoxy) is 1. The van der Waals surface area contributed by atoms with E-state index in [0.29, 0.717) is 11.3 Å². The van der Waals surface area contributed by atoms with Crippen LogP contribution in [0.5, 0.6) is 5.75 Å². The molecule has 0 aliphatic rings. The number of methoxy groups -OCH3 is 1. The molecule has 0 radical (unpaired) electrons. The average molecular weight is 352 g/mol. The van der Waals surface area contributed by atoms with Gasteiger partial charge >= 0.3 is 0 Å². The number of hydrogen-bond acceptors (Lipinski definition) is 3. The SMILES string of the molecule is C.COc1cccc(-c2cncc(C(=O)Nc3cc(F)ccc3C)c2)c1. The third kappa shape index (κ3) is 4.25. The fourth-order valence-corrected chi connectivity index (χ4v) is 2.45. The molecule has 1 amide bonds. The summed E-state index contributed by atoms with van der Waals surface area (Å²) in [6.07, 6.45) is 3.16. The van der Waals surface area contributed by atoms with Crippen molar-refractivity contribution in [3.63, 3.8) is 0 Å². The zero-order chi connectivity index (χ0) is 17.8. The van der Waals surface area contributed by atoms with E-state index in [1.807, 2.05) is 24.3 Å². The van der Waals surface area contributed by atoms with E-state index in [0.717, 1.165) is 22.4 Å². The van der Waals surface area contributed by atoms with E-state index in [1.54, 1.807) is 32.4 Å². The lowest BCUT2D eigenvalue weighted by atomic mass is 10.1. The van der Waals surface area contributed by atoms with Gasteiger partial charge in [-0.05, 0) is 48.4 Å². The number of rotatable bonds is 4. The van der Waals surface area contributed by atoms with Crippen LogP contribution in [0.2, 0.25) is 0 Å². The van der Waals surface area contributed by atoms with Gasteiger partial charge in [-0.1, -0.05) is 25.6 Å². The van der Waals surface area contributed by atoms with E-state index < -0.39 is 5.82 Å². The van der Waals surface area contributed by atoms with Crippen molar-refractivity contribution in [3.8, 4) is 16.9 Å². The number of hydrogen-bond donors (Lipinski definition) is 1. The fraction of sp³-hybridized carbons (Fsp3) is 0.143. The van der Waals surface area contributed by atoms with Gasteiger partial charge in [0.1, 0.15) is 11.6 Å². The highest BCUT2D eigenvalue weighted by Crippen LogP contribution is 2.24. The third-order valence-electron chi connectivity index (χ3n) is 3.85. The Labute approximate surface area is 152 Å². The second-order valence-corrected chi connectivity index (χ2v) is 5.61. The number of nitrogens with one attached hydrogen (secondary N) is 1. The molecular formula is C21H21FN2O2. The van der Waals surface area contributed by atoms with E-state index >= 15 is 0 Å². The van der Waals surface area contributed by atoms with Gasteiger partial charge < -0.3 is 10.1 Å². The molecule has 0 aliphatic carbocycles. The molecule has 134 valence electrons. The van der Waals surface area contributed by atoms with Gasteiger partial charge in [-0.2, -0.15) is 0 Å². The summed E-state index contributed by atoms with van der Waals surface area (Å²) in [7, 11) is 1.60. The molecule has 0 saturated heterocycles. The van der Waals surface area contributed by atoms with Crippen molar-refractivity contribution in [2.45, 2.75) is 14.4 Å². The number of aryl methyl sites for hydroxylation is 1. The van der Waals surface area contributed by atoms with Crippen LogP contribution in [0.1, 0.15) is 23.3 Å². The van der Waals surface area contributed by atoms with E-state index in [-0.39, 0.29) is 13.3 Å². The summed E-state index contributed by atoms with van der Waals surface area (Å²) < 4.78 is 18.6. The van der Waals surface area contributed by atoms with Crippen LogP contribution < -0.4 is 10.1 Å². The van der Waals surface area contributed by atoms with Crippen LogP contribution in [-0.4, -0.2) is 18.0 Å². The van der Waals surface area contributed by atoms with E-state index in [9.17, 15) is 9.18 Å². The van der Waals surface area contributed by atoms with Crippen LogP contribution in [0.15, 0.2) is 60.9 Å². The van der Waals surface area contributed by atoms with Gasteiger partial charge in [0.25, 0.3) is 5.91 Å². The average Bonchev–Trinajstić information content (AvgIpc) is 2.65. The Morgan fingerprint density at radius 1 is 1.08 bits per heavy atom. The van der Waals surface area contributed by atoms with Crippen LogP contribution >= 0.6 is 0 Å². The van der Waals surface area contributed by atoms with Gasteiger partial charge in [0.2, 0.25) is 0 Å². The molecule has 2 aromatic carbocycles. The Kier molecular flexibility index (Phi) is 6.07. The van der Waals surface area contributed by atoms with E-state index in [2.05, 4.69) is 10.3 Å². The Morgan fingerprint density at radius 2 is 1.88 bits per heavy atom. The molecule has 0 fully saturated rings. The first-order valence-electron chi connectivity index (χ1n) is 7.74. The normalized spacial score (nSPS) is 9.96. The molecule has 1 aromatic heterocycles. The number of halogens is 1. The van der Waals surface area contributed by atoms with Crippen LogP contribution in [0.25, 0.3) is 11.1 Å². The Morgan fingerprint density at radius 3 is 2.65 bits per heavy atom. The molecule has 4 nitrogen and oxygen atoms in total. The van der Waals surface area contributed by atoms with E-state index in [4.69, 9.17) is 4.74 Å². The van der Waals surface area contributed by atoms with Crippen LogP contribution in [-0.2, 0) is 0 Å². The lowest BCUT2D eigenvalue weighted by Crippen LogP contribution is -2.13. The maximum atomic E-state index is 13.4. The molecule has 0 saturated carbocycles. The third-order valence-corrected chi connectivity index (χ3v) is 3.85.